The van der Waals surface area contributed by atoms with E-state index in [1.807, 2.05) is 62.4 Å². The molecular formula is C18H18ClNO. The smallest absolute Gasteiger partial charge is 0.119 e. The third kappa shape index (κ3) is 4.51. The zero-order chi connectivity index (χ0) is 15.2. The van der Waals surface area contributed by atoms with E-state index >= 15 is 0 Å². The summed E-state index contributed by atoms with van der Waals surface area (Å²) in [5, 5.41) is 8.91. The molecule has 0 amide bonds. The van der Waals surface area contributed by atoms with Crippen LogP contribution in [0, 0.1) is 11.3 Å². The SMILES string of the molecule is CC(Cl)CC(C)Oc1ccc(-c2ccc(C#N)cc2)cc1. The molecule has 0 N–H and O–H groups in total. The summed E-state index contributed by atoms with van der Waals surface area (Å²) >= 11 is 5.97. The van der Waals surface area contributed by atoms with Gasteiger partial charge in [-0.1, -0.05) is 24.3 Å². The van der Waals surface area contributed by atoms with Gasteiger partial charge in [0.1, 0.15) is 5.75 Å². The van der Waals surface area contributed by atoms with E-state index in [9.17, 15) is 0 Å². The van der Waals surface area contributed by atoms with E-state index in [4.69, 9.17) is 21.6 Å². The van der Waals surface area contributed by atoms with Crippen LogP contribution in [-0.4, -0.2) is 11.5 Å². The summed E-state index contributed by atoms with van der Waals surface area (Å²) in [5.41, 5.74) is 2.86. The molecule has 0 aliphatic heterocycles. The monoisotopic (exact) mass is 299 g/mol. The van der Waals surface area contributed by atoms with Crippen molar-refractivity contribution in [2.24, 2.45) is 0 Å². The summed E-state index contributed by atoms with van der Waals surface area (Å²) in [6, 6.07) is 17.6. The van der Waals surface area contributed by atoms with Crippen molar-refractivity contribution < 1.29 is 4.74 Å². The van der Waals surface area contributed by atoms with E-state index in [0.29, 0.717) is 5.56 Å². The molecule has 2 aromatic carbocycles. The number of halogens is 1. The number of ether oxygens (including phenoxy) is 1. The average Bonchev–Trinajstić information content (AvgIpc) is 2.47. The fourth-order valence-corrected chi connectivity index (χ4v) is 2.45. The predicted molar refractivity (Wildman–Crippen MR) is 86.6 cm³/mol. The van der Waals surface area contributed by atoms with Crippen molar-refractivity contribution in [3.8, 4) is 22.9 Å². The quantitative estimate of drug-likeness (QED) is 0.727. The molecule has 2 aromatic rings. The average molecular weight is 300 g/mol. The van der Waals surface area contributed by atoms with Crippen molar-refractivity contribution in [2.75, 3.05) is 0 Å². The standard InChI is InChI=1S/C18H18ClNO/c1-13(19)11-14(2)21-18-9-7-17(8-10-18)16-5-3-15(12-20)4-6-16/h3-10,13-14H,11H2,1-2H3. The number of nitriles is 1. The van der Waals surface area contributed by atoms with Crippen LogP contribution in [0.15, 0.2) is 48.5 Å². The Morgan fingerprint density at radius 3 is 2.00 bits per heavy atom. The Labute approximate surface area is 130 Å². The minimum Gasteiger partial charge on any atom is -0.491 e. The van der Waals surface area contributed by atoms with Crippen LogP contribution in [0.2, 0.25) is 0 Å². The van der Waals surface area contributed by atoms with Crippen LogP contribution in [-0.2, 0) is 0 Å². The second-order valence-corrected chi connectivity index (χ2v) is 5.90. The van der Waals surface area contributed by atoms with Gasteiger partial charge in [-0.25, -0.2) is 0 Å². The largest absolute Gasteiger partial charge is 0.491 e. The molecule has 21 heavy (non-hydrogen) atoms. The maximum atomic E-state index is 8.81. The second kappa shape index (κ2) is 7.15. The Balaban J connectivity index is 2.06. The normalized spacial score (nSPS) is 13.2. The first-order valence-corrected chi connectivity index (χ1v) is 7.43. The van der Waals surface area contributed by atoms with Gasteiger partial charge in [0.2, 0.25) is 0 Å². The molecule has 0 aliphatic rings. The van der Waals surface area contributed by atoms with Gasteiger partial charge in [-0.15, -0.1) is 11.6 Å². The van der Waals surface area contributed by atoms with Crippen molar-refractivity contribution >= 4 is 11.6 Å². The van der Waals surface area contributed by atoms with Crippen molar-refractivity contribution in [3.63, 3.8) is 0 Å². The first kappa shape index (κ1) is 15.4. The molecule has 0 heterocycles. The minimum atomic E-state index is 0.0956. The summed E-state index contributed by atoms with van der Waals surface area (Å²) in [6.45, 7) is 3.99. The van der Waals surface area contributed by atoms with Gasteiger partial charge in [0.05, 0.1) is 17.7 Å². The Morgan fingerprint density at radius 2 is 1.52 bits per heavy atom. The van der Waals surface area contributed by atoms with Gasteiger partial charge in [0.25, 0.3) is 0 Å². The molecular weight excluding hydrogens is 282 g/mol. The van der Waals surface area contributed by atoms with E-state index < -0.39 is 0 Å². The molecule has 3 heteroatoms. The van der Waals surface area contributed by atoms with Gasteiger partial charge in [-0.05, 0) is 49.2 Å². The lowest BCUT2D eigenvalue weighted by Gasteiger charge is -2.16. The van der Waals surface area contributed by atoms with Crippen LogP contribution in [0.5, 0.6) is 5.75 Å². The summed E-state index contributed by atoms with van der Waals surface area (Å²) in [5.74, 6) is 0.845. The van der Waals surface area contributed by atoms with Crippen LogP contribution in [0.25, 0.3) is 11.1 Å². The molecule has 0 aliphatic carbocycles. The number of benzene rings is 2. The molecule has 2 nitrogen and oxygen atoms in total. The van der Waals surface area contributed by atoms with Crippen LogP contribution in [0.1, 0.15) is 25.8 Å². The van der Waals surface area contributed by atoms with E-state index in [2.05, 4.69) is 6.07 Å². The van der Waals surface area contributed by atoms with Crippen molar-refractivity contribution in [1.82, 2.24) is 0 Å². The van der Waals surface area contributed by atoms with Gasteiger partial charge in [0.15, 0.2) is 0 Å². The second-order valence-electron chi connectivity index (χ2n) is 5.16. The maximum absolute atomic E-state index is 8.81. The van der Waals surface area contributed by atoms with Crippen LogP contribution in [0.3, 0.4) is 0 Å². The fraction of sp³-hybridized carbons (Fsp3) is 0.278. The Hall–Kier alpha value is -1.98. The number of hydrogen-bond acceptors (Lipinski definition) is 2. The van der Waals surface area contributed by atoms with E-state index in [1.165, 1.54) is 0 Å². The third-order valence-corrected chi connectivity index (χ3v) is 3.37. The van der Waals surface area contributed by atoms with Gasteiger partial charge in [0, 0.05) is 11.8 Å². The predicted octanol–water partition coefficient (Wildman–Crippen LogP) is 5.01. The van der Waals surface area contributed by atoms with E-state index in [0.717, 1.165) is 23.3 Å². The topological polar surface area (TPSA) is 33.0 Å². The van der Waals surface area contributed by atoms with Crippen molar-refractivity contribution in [2.45, 2.75) is 31.7 Å². The Morgan fingerprint density at radius 1 is 1.00 bits per heavy atom. The van der Waals surface area contributed by atoms with Gasteiger partial charge >= 0.3 is 0 Å². The third-order valence-electron chi connectivity index (χ3n) is 3.20. The number of alkyl halides is 1. The lowest BCUT2D eigenvalue weighted by atomic mass is 10.0. The number of nitrogens with zero attached hydrogens (tertiary/aromatic N) is 1. The van der Waals surface area contributed by atoms with Gasteiger partial charge in [-0.3, -0.25) is 0 Å². The highest BCUT2D eigenvalue weighted by Gasteiger charge is 2.08. The lowest BCUT2D eigenvalue weighted by molar-refractivity contribution is 0.211. The summed E-state index contributed by atoms with van der Waals surface area (Å²) < 4.78 is 5.83. The molecule has 2 atom stereocenters. The van der Waals surface area contributed by atoms with Crippen LogP contribution in [0.4, 0.5) is 0 Å². The zero-order valence-corrected chi connectivity index (χ0v) is 13.0. The molecule has 0 fully saturated rings. The fourth-order valence-electron chi connectivity index (χ4n) is 2.20. The first-order chi connectivity index (χ1) is 10.1. The van der Waals surface area contributed by atoms with Crippen molar-refractivity contribution in [1.29, 1.82) is 5.26 Å². The number of hydrogen-bond donors (Lipinski definition) is 0. The maximum Gasteiger partial charge on any atom is 0.119 e. The molecule has 108 valence electrons. The molecule has 0 spiro atoms. The highest BCUT2D eigenvalue weighted by molar-refractivity contribution is 6.20. The molecule has 0 aromatic heterocycles. The van der Waals surface area contributed by atoms with Crippen LogP contribution < -0.4 is 4.74 Å². The molecule has 0 saturated carbocycles. The van der Waals surface area contributed by atoms with Gasteiger partial charge in [-0.2, -0.15) is 5.26 Å². The Kier molecular flexibility index (Phi) is 5.25. The zero-order valence-electron chi connectivity index (χ0n) is 12.2. The van der Waals surface area contributed by atoms with E-state index in [1.54, 1.807) is 0 Å². The van der Waals surface area contributed by atoms with Crippen molar-refractivity contribution in [3.05, 3.63) is 54.1 Å². The molecule has 0 bridgehead atoms. The van der Waals surface area contributed by atoms with Gasteiger partial charge < -0.3 is 4.74 Å². The Bertz CT molecular complexity index is 611. The highest BCUT2D eigenvalue weighted by atomic mass is 35.5. The first-order valence-electron chi connectivity index (χ1n) is 7.00. The molecule has 2 rings (SSSR count). The van der Waals surface area contributed by atoms with E-state index in [-0.39, 0.29) is 11.5 Å². The minimum absolute atomic E-state index is 0.0956. The number of rotatable bonds is 5. The summed E-state index contributed by atoms with van der Waals surface area (Å²) in [4.78, 5) is 0. The summed E-state index contributed by atoms with van der Waals surface area (Å²) in [6.07, 6.45) is 0.914. The van der Waals surface area contributed by atoms with Crippen LogP contribution >= 0.6 is 11.6 Å². The lowest BCUT2D eigenvalue weighted by Crippen LogP contribution is -2.15. The molecule has 0 saturated heterocycles. The molecule has 0 radical (unpaired) electrons. The molecule has 2 unspecified atom stereocenters. The summed E-state index contributed by atoms with van der Waals surface area (Å²) in [7, 11) is 0. The highest BCUT2D eigenvalue weighted by Crippen LogP contribution is 2.24.